The molecule has 0 spiro atoms. The van der Waals surface area contributed by atoms with Crippen LogP contribution >= 0.6 is 34.5 Å². The number of carbonyl (C=O) groups is 1. The van der Waals surface area contributed by atoms with E-state index in [1.165, 1.54) is 34.9 Å². The maximum absolute atomic E-state index is 13.1. The molecule has 1 aliphatic heterocycles. The summed E-state index contributed by atoms with van der Waals surface area (Å²) in [5.74, 6) is 0.149. The smallest absolute Gasteiger partial charge is 0.244 e. The van der Waals surface area contributed by atoms with Crippen LogP contribution in [0.2, 0.25) is 10.0 Å². The molecule has 7 nitrogen and oxygen atoms in total. The second-order valence-corrected chi connectivity index (χ2v) is 10.7. The predicted octanol–water partition coefficient (Wildman–Crippen LogP) is 4.92. The SMILES string of the molecule is COc1ccc(S(=O)(=O)N2CCCC2C(=O)Nc2nc(-c3ccc(Cl)c(Cl)c3)cs2)cc1. The molecule has 1 unspecified atom stereocenters. The number of aromatic nitrogens is 1. The van der Waals surface area contributed by atoms with E-state index in [-0.39, 0.29) is 11.4 Å². The molecule has 1 amide bonds. The Balaban J connectivity index is 1.50. The van der Waals surface area contributed by atoms with Crippen LogP contribution in [-0.2, 0) is 14.8 Å². The zero-order valence-electron chi connectivity index (χ0n) is 16.9. The molecule has 1 aliphatic rings. The van der Waals surface area contributed by atoms with Crippen molar-refractivity contribution in [1.29, 1.82) is 0 Å². The molecular weight excluding hydrogens is 493 g/mol. The second kappa shape index (κ2) is 9.36. The molecule has 0 radical (unpaired) electrons. The molecule has 1 aromatic heterocycles. The Morgan fingerprint density at radius 2 is 1.94 bits per heavy atom. The first-order valence-electron chi connectivity index (χ1n) is 9.67. The minimum Gasteiger partial charge on any atom is -0.497 e. The average Bonchev–Trinajstić information content (AvgIpc) is 3.46. The molecule has 1 atom stereocenters. The summed E-state index contributed by atoms with van der Waals surface area (Å²) >= 11 is 13.3. The monoisotopic (exact) mass is 511 g/mol. The zero-order chi connectivity index (χ0) is 22.9. The van der Waals surface area contributed by atoms with E-state index in [9.17, 15) is 13.2 Å². The number of thiazole rings is 1. The van der Waals surface area contributed by atoms with Crippen LogP contribution in [0, 0.1) is 0 Å². The molecular formula is C21H19Cl2N3O4S2. The highest BCUT2D eigenvalue weighted by Gasteiger charge is 2.39. The van der Waals surface area contributed by atoms with E-state index in [0.717, 1.165) is 5.56 Å². The number of nitrogens with zero attached hydrogens (tertiary/aromatic N) is 2. The molecule has 4 rings (SSSR count). The van der Waals surface area contributed by atoms with E-state index >= 15 is 0 Å². The fourth-order valence-electron chi connectivity index (χ4n) is 3.48. The zero-order valence-corrected chi connectivity index (χ0v) is 20.1. The summed E-state index contributed by atoms with van der Waals surface area (Å²) in [5.41, 5.74) is 1.40. The summed E-state index contributed by atoms with van der Waals surface area (Å²) in [5, 5.41) is 5.78. The van der Waals surface area contributed by atoms with Crippen molar-refractivity contribution in [3.63, 3.8) is 0 Å². The first-order chi connectivity index (χ1) is 15.3. The fraction of sp³-hybridized carbons (Fsp3) is 0.238. The van der Waals surface area contributed by atoms with Gasteiger partial charge in [-0.25, -0.2) is 13.4 Å². The minimum atomic E-state index is -3.82. The van der Waals surface area contributed by atoms with Gasteiger partial charge < -0.3 is 10.1 Å². The van der Waals surface area contributed by atoms with Crippen LogP contribution in [0.1, 0.15) is 12.8 Å². The van der Waals surface area contributed by atoms with Crippen molar-refractivity contribution >= 4 is 55.6 Å². The number of methoxy groups -OCH3 is 1. The Morgan fingerprint density at radius 1 is 1.19 bits per heavy atom. The van der Waals surface area contributed by atoms with E-state index in [1.54, 1.807) is 35.7 Å². The van der Waals surface area contributed by atoms with E-state index < -0.39 is 22.0 Å². The average molecular weight is 512 g/mol. The number of sulfonamides is 1. The van der Waals surface area contributed by atoms with Gasteiger partial charge in [-0.05, 0) is 49.2 Å². The number of hydrogen-bond donors (Lipinski definition) is 1. The van der Waals surface area contributed by atoms with Gasteiger partial charge in [0.15, 0.2) is 5.13 Å². The Bertz CT molecular complexity index is 1250. The minimum absolute atomic E-state index is 0.120. The third-order valence-corrected chi connectivity index (χ3v) is 8.54. The van der Waals surface area contributed by atoms with Gasteiger partial charge in [-0.2, -0.15) is 4.31 Å². The van der Waals surface area contributed by atoms with E-state index in [4.69, 9.17) is 27.9 Å². The Kier molecular flexibility index (Phi) is 6.73. The van der Waals surface area contributed by atoms with Crippen molar-refractivity contribution in [1.82, 2.24) is 9.29 Å². The summed E-state index contributed by atoms with van der Waals surface area (Å²) in [6.45, 7) is 0.277. The van der Waals surface area contributed by atoms with Crippen LogP contribution in [0.5, 0.6) is 5.75 Å². The molecule has 2 heterocycles. The van der Waals surface area contributed by atoms with E-state index in [1.807, 2.05) is 0 Å². The first-order valence-corrected chi connectivity index (χ1v) is 12.7. The Hall–Kier alpha value is -2.17. The highest BCUT2D eigenvalue weighted by Crippen LogP contribution is 2.32. The molecule has 0 bridgehead atoms. The largest absolute Gasteiger partial charge is 0.497 e. The third-order valence-electron chi connectivity index (χ3n) is 5.12. The Labute approximate surface area is 200 Å². The molecule has 11 heteroatoms. The highest BCUT2D eigenvalue weighted by atomic mass is 35.5. The van der Waals surface area contributed by atoms with Crippen molar-refractivity contribution in [2.24, 2.45) is 0 Å². The molecule has 2 aromatic carbocycles. The third kappa shape index (κ3) is 4.62. The maximum atomic E-state index is 13.1. The molecule has 168 valence electrons. The number of anilines is 1. The van der Waals surface area contributed by atoms with Crippen LogP contribution in [0.15, 0.2) is 52.7 Å². The molecule has 0 saturated carbocycles. The van der Waals surface area contributed by atoms with Gasteiger partial charge in [0.05, 0.1) is 27.7 Å². The lowest BCUT2D eigenvalue weighted by atomic mass is 10.2. The van der Waals surface area contributed by atoms with Crippen LogP contribution in [0.3, 0.4) is 0 Å². The van der Waals surface area contributed by atoms with Gasteiger partial charge in [0.1, 0.15) is 11.8 Å². The number of rotatable bonds is 6. The van der Waals surface area contributed by atoms with Crippen molar-refractivity contribution in [3.8, 4) is 17.0 Å². The Morgan fingerprint density at radius 3 is 2.62 bits per heavy atom. The summed E-state index contributed by atoms with van der Waals surface area (Å²) < 4.78 is 32.6. The summed E-state index contributed by atoms with van der Waals surface area (Å²) in [6.07, 6.45) is 1.03. The summed E-state index contributed by atoms with van der Waals surface area (Å²) in [7, 11) is -2.31. The number of benzene rings is 2. The van der Waals surface area contributed by atoms with Crippen LogP contribution < -0.4 is 10.1 Å². The van der Waals surface area contributed by atoms with Gasteiger partial charge in [-0.1, -0.05) is 29.3 Å². The van der Waals surface area contributed by atoms with Crippen molar-refractivity contribution in [3.05, 3.63) is 57.9 Å². The number of nitrogens with one attached hydrogen (secondary N) is 1. The lowest BCUT2D eigenvalue weighted by molar-refractivity contribution is -0.119. The van der Waals surface area contributed by atoms with Crippen molar-refractivity contribution < 1.29 is 17.9 Å². The summed E-state index contributed by atoms with van der Waals surface area (Å²) in [4.78, 5) is 17.5. The maximum Gasteiger partial charge on any atom is 0.244 e. The second-order valence-electron chi connectivity index (χ2n) is 7.11. The summed E-state index contributed by atoms with van der Waals surface area (Å²) in [6, 6.07) is 10.5. The van der Waals surface area contributed by atoms with Gasteiger partial charge in [-0.3, -0.25) is 4.79 Å². The number of amides is 1. The van der Waals surface area contributed by atoms with Crippen LogP contribution in [-0.4, -0.2) is 43.3 Å². The fourth-order valence-corrected chi connectivity index (χ4v) is 6.16. The quantitative estimate of drug-likeness (QED) is 0.507. The number of halogens is 2. The predicted molar refractivity (Wildman–Crippen MR) is 126 cm³/mol. The molecule has 1 saturated heterocycles. The topological polar surface area (TPSA) is 88.6 Å². The van der Waals surface area contributed by atoms with Gasteiger partial charge >= 0.3 is 0 Å². The van der Waals surface area contributed by atoms with Gasteiger partial charge in [0.2, 0.25) is 15.9 Å². The van der Waals surface area contributed by atoms with Gasteiger partial charge in [0.25, 0.3) is 0 Å². The normalized spacial score (nSPS) is 16.8. The van der Waals surface area contributed by atoms with Gasteiger partial charge in [0, 0.05) is 17.5 Å². The molecule has 32 heavy (non-hydrogen) atoms. The lowest BCUT2D eigenvalue weighted by Crippen LogP contribution is -2.43. The van der Waals surface area contributed by atoms with E-state index in [0.29, 0.717) is 39.5 Å². The van der Waals surface area contributed by atoms with E-state index in [2.05, 4.69) is 10.3 Å². The molecule has 0 aliphatic carbocycles. The first kappa shape index (κ1) is 23.0. The number of hydrogen-bond acceptors (Lipinski definition) is 6. The van der Waals surface area contributed by atoms with Gasteiger partial charge in [-0.15, -0.1) is 11.3 Å². The molecule has 1 N–H and O–H groups in total. The van der Waals surface area contributed by atoms with Crippen LogP contribution in [0.25, 0.3) is 11.3 Å². The van der Waals surface area contributed by atoms with Crippen LogP contribution in [0.4, 0.5) is 5.13 Å². The number of carbonyl (C=O) groups excluding carboxylic acids is 1. The van der Waals surface area contributed by atoms with Crippen molar-refractivity contribution in [2.45, 2.75) is 23.8 Å². The number of ether oxygens (including phenoxy) is 1. The standard InChI is InChI=1S/C21H19Cl2N3O4S2/c1-30-14-5-7-15(8-6-14)32(28,29)26-10-2-3-19(26)20(27)25-21-24-18(12-31-21)13-4-9-16(22)17(23)11-13/h4-9,11-12,19H,2-3,10H2,1H3,(H,24,25,27). The molecule has 3 aromatic rings. The lowest BCUT2D eigenvalue weighted by Gasteiger charge is -2.23. The highest BCUT2D eigenvalue weighted by molar-refractivity contribution is 7.89. The van der Waals surface area contributed by atoms with Crippen molar-refractivity contribution in [2.75, 3.05) is 19.0 Å². The molecule has 1 fully saturated rings.